The molecule has 0 unspecified atom stereocenters. The van der Waals surface area contributed by atoms with Gasteiger partial charge in [0.15, 0.2) is 0 Å². The number of amides is 1. The minimum atomic E-state index is -1.59. The van der Waals surface area contributed by atoms with E-state index < -0.39 is 11.9 Å². The fourth-order valence-corrected chi connectivity index (χ4v) is 2.76. The summed E-state index contributed by atoms with van der Waals surface area (Å²) in [6.07, 6.45) is 0.585. The van der Waals surface area contributed by atoms with Crippen LogP contribution in [0.5, 0.6) is 0 Å². The lowest BCUT2D eigenvalue weighted by atomic mass is 9.96. The normalized spacial score (nSPS) is 13.9. The van der Waals surface area contributed by atoms with Crippen LogP contribution >= 0.6 is 22.6 Å². The lowest BCUT2D eigenvalue weighted by Crippen LogP contribution is -2.39. The summed E-state index contributed by atoms with van der Waals surface area (Å²) in [4.78, 5) is 11.8. The molecule has 1 atom stereocenters. The van der Waals surface area contributed by atoms with Gasteiger partial charge in [-0.05, 0) is 41.0 Å². The molecule has 0 saturated heterocycles. The van der Waals surface area contributed by atoms with Gasteiger partial charge in [-0.15, -0.1) is 0 Å². The second kappa shape index (κ2) is 7.83. The van der Waals surface area contributed by atoms with Gasteiger partial charge in [-0.3, -0.25) is 0 Å². The maximum absolute atomic E-state index is 11.8. The van der Waals surface area contributed by atoms with Crippen LogP contribution in [0.25, 0.3) is 0 Å². The Balaban J connectivity index is 2.98. The zero-order valence-corrected chi connectivity index (χ0v) is 14.3. The summed E-state index contributed by atoms with van der Waals surface area (Å²) >= 11 is 2.14. The summed E-state index contributed by atoms with van der Waals surface area (Å²) in [5.74, 6) is -1.40. The van der Waals surface area contributed by atoms with Crippen molar-refractivity contribution in [1.82, 2.24) is 5.32 Å². The Hall–Kier alpha value is -0.820. The fraction of sp³-hybridized carbons (Fsp3) is 0.533. The monoisotopic (exact) mass is 391 g/mol. The first kappa shape index (κ1) is 17.2. The van der Waals surface area contributed by atoms with Gasteiger partial charge in [0.1, 0.15) is 0 Å². The minimum absolute atomic E-state index is 0.190. The summed E-state index contributed by atoms with van der Waals surface area (Å²) in [5, 5.41) is 13.4. The van der Waals surface area contributed by atoms with Gasteiger partial charge in [-0.25, -0.2) is 4.79 Å². The van der Waals surface area contributed by atoms with Crippen molar-refractivity contribution in [1.29, 1.82) is 0 Å². The first-order chi connectivity index (χ1) is 9.39. The quantitative estimate of drug-likeness (QED) is 0.575. The molecule has 1 amide bonds. The van der Waals surface area contributed by atoms with Gasteiger partial charge in [-0.1, -0.05) is 39.0 Å². The molecule has 0 aliphatic rings. The molecule has 0 aliphatic carbocycles. The molecule has 0 heterocycles. The van der Waals surface area contributed by atoms with E-state index in [4.69, 9.17) is 4.74 Å². The van der Waals surface area contributed by atoms with E-state index in [1.54, 1.807) is 6.07 Å². The number of hydrogen-bond donors (Lipinski definition) is 2. The molecule has 1 rings (SSSR count). The van der Waals surface area contributed by atoms with Crippen LogP contribution in [0.1, 0.15) is 39.2 Å². The zero-order valence-electron chi connectivity index (χ0n) is 12.1. The van der Waals surface area contributed by atoms with Gasteiger partial charge >= 0.3 is 6.09 Å². The average molecular weight is 391 g/mol. The van der Waals surface area contributed by atoms with Gasteiger partial charge in [-0.2, -0.15) is 0 Å². The lowest BCUT2D eigenvalue weighted by Gasteiger charge is -2.30. The maximum Gasteiger partial charge on any atom is 0.409 e. The second-order valence-corrected chi connectivity index (χ2v) is 6.34. The summed E-state index contributed by atoms with van der Waals surface area (Å²) < 4.78 is 6.19. The van der Waals surface area contributed by atoms with Crippen LogP contribution in [0, 0.1) is 9.49 Å². The molecule has 0 aromatic heterocycles. The summed E-state index contributed by atoms with van der Waals surface area (Å²) in [6, 6.07) is 7.39. The van der Waals surface area contributed by atoms with Crippen LogP contribution in [0.15, 0.2) is 24.3 Å². The molecule has 0 aliphatic heterocycles. The van der Waals surface area contributed by atoms with Gasteiger partial charge in [0.05, 0.1) is 0 Å². The van der Waals surface area contributed by atoms with Crippen LogP contribution in [0.2, 0.25) is 0 Å². The van der Waals surface area contributed by atoms with Crippen molar-refractivity contribution in [2.45, 2.75) is 39.4 Å². The predicted octanol–water partition coefficient (Wildman–Crippen LogP) is 3.62. The molecule has 112 valence electrons. The third-order valence-electron chi connectivity index (χ3n) is 2.76. The predicted molar refractivity (Wildman–Crippen MR) is 87.3 cm³/mol. The highest BCUT2D eigenvalue weighted by Gasteiger charge is 2.36. The van der Waals surface area contributed by atoms with Crippen molar-refractivity contribution < 1.29 is 14.6 Å². The van der Waals surface area contributed by atoms with Crippen LogP contribution in [-0.2, 0) is 10.5 Å². The van der Waals surface area contributed by atoms with Gasteiger partial charge in [0, 0.05) is 22.1 Å². The number of aliphatic hydroxyl groups is 1. The van der Waals surface area contributed by atoms with Crippen molar-refractivity contribution in [3.63, 3.8) is 0 Å². The highest BCUT2D eigenvalue weighted by Crippen LogP contribution is 2.33. The van der Waals surface area contributed by atoms with Crippen LogP contribution in [0.3, 0.4) is 0 Å². The van der Waals surface area contributed by atoms with Gasteiger partial charge in [0.25, 0.3) is 0 Å². The molecule has 0 fully saturated rings. The van der Waals surface area contributed by atoms with E-state index in [2.05, 4.69) is 27.9 Å². The number of carbonyl (C=O) groups excluding carboxylic acids is 1. The van der Waals surface area contributed by atoms with E-state index in [1.807, 2.05) is 39.0 Å². The average Bonchev–Trinajstić information content (AvgIpc) is 2.35. The van der Waals surface area contributed by atoms with E-state index in [9.17, 15) is 9.90 Å². The Kier molecular flexibility index (Phi) is 6.75. The molecule has 1 aromatic carbocycles. The number of rotatable bonds is 6. The van der Waals surface area contributed by atoms with E-state index in [0.717, 1.165) is 9.99 Å². The fourth-order valence-electron chi connectivity index (χ4n) is 1.95. The zero-order chi connectivity index (χ0) is 15.2. The molecule has 0 bridgehead atoms. The molecule has 0 radical (unpaired) electrons. The summed E-state index contributed by atoms with van der Waals surface area (Å²) in [7, 11) is 0. The first-order valence-corrected chi connectivity index (χ1v) is 7.91. The Morgan fingerprint density at radius 1 is 1.45 bits per heavy atom. The van der Waals surface area contributed by atoms with Crippen molar-refractivity contribution in [2.24, 2.45) is 5.92 Å². The second-order valence-electron chi connectivity index (χ2n) is 5.18. The number of nitrogens with one attached hydrogen (secondary N) is 1. The van der Waals surface area contributed by atoms with Crippen LogP contribution < -0.4 is 5.32 Å². The third kappa shape index (κ3) is 4.94. The molecule has 2 N–H and O–H groups in total. The highest BCUT2D eigenvalue weighted by molar-refractivity contribution is 14.1. The smallest absolute Gasteiger partial charge is 0.409 e. The van der Waals surface area contributed by atoms with Crippen molar-refractivity contribution >= 4 is 28.7 Å². The van der Waals surface area contributed by atoms with Crippen molar-refractivity contribution in [2.75, 3.05) is 6.54 Å². The number of carbonyl (C=O) groups is 1. The standard InChI is InChI=1S/C15H22INO3/c1-4-9-17-14(18)20-15(19,10-11(2)3)12-7-5-6-8-13(12)16/h5-8,11,19H,4,9-10H2,1-3H3,(H,17,18)/t15-/m0/s1. The topological polar surface area (TPSA) is 58.6 Å². The molecule has 20 heavy (non-hydrogen) atoms. The van der Waals surface area contributed by atoms with E-state index >= 15 is 0 Å². The molecular formula is C15H22INO3. The highest BCUT2D eigenvalue weighted by atomic mass is 127. The van der Waals surface area contributed by atoms with Crippen LogP contribution in [-0.4, -0.2) is 17.7 Å². The first-order valence-electron chi connectivity index (χ1n) is 6.83. The third-order valence-corrected chi connectivity index (χ3v) is 3.70. The lowest BCUT2D eigenvalue weighted by molar-refractivity contribution is -0.181. The SMILES string of the molecule is CCCNC(=O)O[C@@](O)(CC(C)C)c1ccccc1I. The van der Waals surface area contributed by atoms with E-state index in [-0.39, 0.29) is 5.92 Å². The minimum Gasteiger partial charge on any atom is -0.413 e. The molecule has 1 aromatic rings. The Morgan fingerprint density at radius 3 is 2.65 bits per heavy atom. The van der Waals surface area contributed by atoms with E-state index in [1.165, 1.54) is 0 Å². The molecule has 4 nitrogen and oxygen atoms in total. The Labute approximate surface area is 134 Å². The number of benzene rings is 1. The number of alkyl carbamates (subject to hydrolysis) is 1. The molecule has 0 spiro atoms. The van der Waals surface area contributed by atoms with Gasteiger partial charge in [0.2, 0.25) is 5.79 Å². The van der Waals surface area contributed by atoms with Crippen molar-refractivity contribution in [3.8, 4) is 0 Å². The largest absolute Gasteiger partial charge is 0.413 e. The van der Waals surface area contributed by atoms with Crippen molar-refractivity contribution in [3.05, 3.63) is 33.4 Å². The maximum atomic E-state index is 11.8. The molecular weight excluding hydrogens is 369 g/mol. The molecule has 0 saturated carbocycles. The number of halogens is 1. The van der Waals surface area contributed by atoms with Gasteiger partial charge < -0.3 is 15.2 Å². The van der Waals surface area contributed by atoms with Crippen LogP contribution in [0.4, 0.5) is 4.79 Å². The summed E-state index contributed by atoms with van der Waals surface area (Å²) in [5.41, 5.74) is 0.626. The number of ether oxygens (including phenoxy) is 1. The van der Waals surface area contributed by atoms with E-state index in [0.29, 0.717) is 18.5 Å². The number of hydrogen-bond acceptors (Lipinski definition) is 3. The Bertz CT molecular complexity index is 450. The Morgan fingerprint density at radius 2 is 2.10 bits per heavy atom. The molecule has 5 heteroatoms. The summed E-state index contributed by atoms with van der Waals surface area (Å²) in [6.45, 7) is 6.45.